The predicted molar refractivity (Wildman–Crippen MR) is 11.3 cm³/mol. The van der Waals surface area contributed by atoms with Gasteiger partial charge in [0.15, 0.2) is 0 Å². The number of hydrogen-bond donors (Lipinski definition) is 0. The van der Waals surface area contributed by atoms with Crippen molar-refractivity contribution in [3.05, 3.63) is 0 Å². The number of rotatable bonds is 0. The van der Waals surface area contributed by atoms with Crippen molar-refractivity contribution in [3.8, 4) is 0 Å². The molecule has 0 aromatic carbocycles. The molecule has 0 nitrogen and oxygen atoms in total. The largest absolute Gasteiger partial charge is 0.0149 e. The fourth-order valence-electron chi connectivity index (χ4n) is 0. The van der Waals surface area contributed by atoms with E-state index in [1.807, 2.05) is 0 Å². The summed E-state index contributed by atoms with van der Waals surface area (Å²) in [4.78, 5) is 0. The van der Waals surface area contributed by atoms with E-state index in [9.17, 15) is 0 Å². The van der Waals surface area contributed by atoms with Gasteiger partial charge in [-0.3, -0.25) is 0 Å². The van der Waals surface area contributed by atoms with Gasteiger partial charge < -0.3 is 0 Å². The first kappa shape index (κ1) is 53.2. The molecule has 0 aromatic heterocycles. The molecule has 0 fully saturated rings. The van der Waals surface area contributed by atoms with E-state index in [0.29, 0.717) is 0 Å². The molecule has 0 rings (SSSR count). The van der Waals surface area contributed by atoms with Crippen LogP contribution in [0.3, 0.4) is 0 Å². The van der Waals surface area contributed by atoms with Crippen LogP contribution in [0.5, 0.6) is 0 Å². The van der Waals surface area contributed by atoms with E-state index in [0.717, 1.165) is 0 Å². The van der Waals surface area contributed by atoms with Gasteiger partial charge in [-0.25, -0.2) is 0 Å². The number of hydrogen-bond acceptors (Lipinski definition) is 0. The molecule has 0 unspecified atom stereocenters. The minimum atomic E-state index is 0. The Morgan fingerprint density at radius 3 is 1.00 bits per heavy atom. The molecule has 0 heterocycles. The smallest absolute Gasteiger partial charge is 0 e. The van der Waals surface area contributed by atoms with E-state index in [2.05, 4.69) is 0 Å². The molecule has 0 aromatic rings. The summed E-state index contributed by atoms with van der Waals surface area (Å²) in [5.41, 5.74) is 0. The Hall–Kier alpha value is 2.37. The van der Waals surface area contributed by atoms with E-state index >= 15 is 0 Å². The minimum Gasteiger partial charge on any atom is -0.0149 e. The zero-order valence-electron chi connectivity index (χ0n) is 1.70. The fraction of sp³-hybridized carbons (Fsp3) is 0. The first-order valence-corrected chi connectivity index (χ1v) is 0. The van der Waals surface area contributed by atoms with Crippen molar-refractivity contribution < 1.29 is 70.1 Å². The quantitative estimate of drug-likeness (QED) is 0.474. The van der Waals surface area contributed by atoms with Gasteiger partial charge in [-0.05, 0) is 11.0 Å². The van der Waals surface area contributed by atoms with Crippen LogP contribution in [-0.4, -0.2) is 11.0 Å². The maximum Gasteiger partial charge on any atom is 0 e. The van der Waals surface area contributed by atoms with Gasteiger partial charge in [-0.15, -0.1) is 0 Å². The normalized spacial score (nSPS) is 0. The first-order chi connectivity index (χ1) is 0. The second-order valence-corrected chi connectivity index (χ2v) is 0. The van der Waals surface area contributed by atoms with Crippen molar-refractivity contribution in [2.45, 2.75) is 0 Å². The fourth-order valence-corrected chi connectivity index (χ4v) is 0. The molecule has 0 saturated carbocycles. The molecule has 0 saturated heterocycles. The molecule has 0 aliphatic rings. The van der Waals surface area contributed by atoms with Crippen LogP contribution in [0.2, 0.25) is 0 Å². The second-order valence-electron chi connectivity index (χ2n) is 0. The van der Waals surface area contributed by atoms with Crippen LogP contribution in [0.15, 0.2) is 0 Å². The summed E-state index contributed by atoms with van der Waals surface area (Å²) in [6.07, 6.45) is 0. The molecule has 5 heavy (non-hydrogen) atoms. The Balaban J connectivity index is 0. The summed E-state index contributed by atoms with van der Waals surface area (Å²) in [7, 11) is 0. The maximum atomic E-state index is 0. The molecule has 0 amide bonds. The Morgan fingerprint density at radius 2 is 1.00 bits per heavy atom. The van der Waals surface area contributed by atoms with Gasteiger partial charge >= 0.3 is 0 Å². The van der Waals surface area contributed by atoms with Gasteiger partial charge in [-0.1, -0.05) is 0 Å². The van der Waals surface area contributed by atoms with Crippen LogP contribution in [0.25, 0.3) is 0 Å². The maximum absolute atomic E-state index is 0. The van der Waals surface area contributed by atoms with E-state index in [4.69, 9.17) is 0 Å². The monoisotopic (exact) mass is 272 g/mol. The minimum absolute atomic E-state index is 0. The summed E-state index contributed by atoms with van der Waals surface area (Å²) in [6.45, 7) is 0. The van der Waals surface area contributed by atoms with Crippen LogP contribution in [-0.2, 0) is 70.1 Å². The topological polar surface area (TPSA) is 0 Å². The van der Waals surface area contributed by atoms with Crippen LogP contribution >= 0.6 is 0 Å². The van der Waals surface area contributed by atoms with Gasteiger partial charge in [0.2, 0.25) is 0 Å². The summed E-state index contributed by atoms with van der Waals surface area (Å²) in [5.74, 6) is 0. The Bertz CT molecular complexity index is 11.6. The van der Waals surface area contributed by atoms with E-state index < -0.39 is 0 Å². The SMILES string of the molecule is [Cu].[Mn].[Ni].[SiH4].[Zn]. The molecule has 0 N–H and O–H groups in total. The molecule has 2 radical (unpaired) electrons. The summed E-state index contributed by atoms with van der Waals surface area (Å²) < 4.78 is 0. The van der Waals surface area contributed by atoms with Crippen molar-refractivity contribution in [1.82, 2.24) is 0 Å². The molecule has 0 aliphatic carbocycles. The standard InChI is InChI=1S/Cu.Mn.Ni.H4Si.Zn/h;;;1H4;. The van der Waals surface area contributed by atoms with Gasteiger partial charge in [0.05, 0.1) is 0 Å². The van der Waals surface area contributed by atoms with Crippen molar-refractivity contribution in [2.75, 3.05) is 0 Å². The van der Waals surface area contributed by atoms with Crippen molar-refractivity contribution in [1.29, 1.82) is 0 Å². The third-order valence-electron chi connectivity index (χ3n) is 0. The van der Waals surface area contributed by atoms with E-state index in [1.54, 1.807) is 0 Å². The molecule has 5 heteroatoms. The molecule has 0 bridgehead atoms. The van der Waals surface area contributed by atoms with E-state index in [1.165, 1.54) is 0 Å². The van der Waals surface area contributed by atoms with Crippen LogP contribution in [0, 0.1) is 0 Å². The van der Waals surface area contributed by atoms with Crippen LogP contribution in [0.4, 0.5) is 0 Å². The zero-order valence-corrected chi connectivity index (χ0v) is 7.78. The van der Waals surface area contributed by atoms with Crippen molar-refractivity contribution >= 4 is 11.0 Å². The molecule has 38 valence electrons. The van der Waals surface area contributed by atoms with E-state index in [-0.39, 0.29) is 81.1 Å². The van der Waals surface area contributed by atoms with Gasteiger partial charge in [0.1, 0.15) is 0 Å². The first-order valence-electron chi connectivity index (χ1n) is 0. The average molecular weight is 275 g/mol. The Labute approximate surface area is 80.3 Å². The zero-order chi connectivity index (χ0) is 0. The molecule has 0 atom stereocenters. The second kappa shape index (κ2) is 32.7. The Kier molecular flexibility index (Phi) is 348. The van der Waals surface area contributed by atoms with Gasteiger partial charge in [0, 0.05) is 70.1 Å². The molecular weight excluding hydrogens is 271 g/mol. The summed E-state index contributed by atoms with van der Waals surface area (Å²) >= 11 is 0. The Morgan fingerprint density at radius 1 is 1.00 bits per heavy atom. The van der Waals surface area contributed by atoms with Crippen molar-refractivity contribution in [2.24, 2.45) is 0 Å². The van der Waals surface area contributed by atoms with Gasteiger partial charge in [0.25, 0.3) is 0 Å². The average Bonchev–Trinajstić information content (AvgIpc) is 0. The molecule has 0 aliphatic heterocycles. The molecular formula is H4CuMnNiSiZn. The van der Waals surface area contributed by atoms with Crippen molar-refractivity contribution in [3.63, 3.8) is 0 Å². The summed E-state index contributed by atoms with van der Waals surface area (Å²) in [5, 5.41) is 0. The van der Waals surface area contributed by atoms with Gasteiger partial charge in [-0.2, -0.15) is 0 Å². The predicted octanol–water partition coefficient (Wildman–Crippen LogP) is -1.46. The van der Waals surface area contributed by atoms with Crippen LogP contribution < -0.4 is 0 Å². The third-order valence-corrected chi connectivity index (χ3v) is 0. The molecule has 0 spiro atoms. The summed E-state index contributed by atoms with van der Waals surface area (Å²) in [6, 6.07) is 0. The van der Waals surface area contributed by atoms with Crippen LogP contribution in [0.1, 0.15) is 0 Å². The third kappa shape index (κ3) is 21.6.